The Bertz CT molecular complexity index is 1390. The molecule has 0 fully saturated rings. The number of aromatic nitrogens is 4. The zero-order valence-electron chi connectivity index (χ0n) is 19.2. The largest absolute Gasteiger partial charge is 0.329 e. The Kier molecular flexibility index (Phi) is 7.93. The maximum atomic E-state index is 6.34. The van der Waals surface area contributed by atoms with Crippen LogP contribution in [0.4, 0.5) is 11.5 Å². The normalized spacial score (nSPS) is 11.1. The van der Waals surface area contributed by atoms with Crippen LogP contribution >= 0.6 is 58.6 Å². The summed E-state index contributed by atoms with van der Waals surface area (Å²) >= 11 is 30.5. The number of hydrogen-bond acceptors (Lipinski definition) is 3. The van der Waals surface area contributed by atoms with Gasteiger partial charge in [-0.05, 0) is 62.8 Å². The number of nitrogens with zero attached hydrogens (tertiary/aromatic N) is 4. The van der Waals surface area contributed by atoms with E-state index in [1.54, 1.807) is 6.07 Å². The van der Waals surface area contributed by atoms with Gasteiger partial charge in [0.05, 0.1) is 30.2 Å². The van der Waals surface area contributed by atoms with E-state index in [0.29, 0.717) is 44.1 Å². The minimum atomic E-state index is 0.403. The summed E-state index contributed by atoms with van der Waals surface area (Å²) in [6.07, 6.45) is 0. The van der Waals surface area contributed by atoms with Crippen molar-refractivity contribution in [3.05, 3.63) is 90.8 Å². The first-order valence-corrected chi connectivity index (χ1v) is 12.6. The topological polar surface area (TPSA) is 59.7 Å². The third-order valence-electron chi connectivity index (χ3n) is 5.55. The maximum absolute atomic E-state index is 6.34. The van der Waals surface area contributed by atoms with Crippen molar-refractivity contribution in [1.82, 2.24) is 19.6 Å². The molecule has 0 atom stereocenters. The minimum Gasteiger partial charge on any atom is -0.329 e. The molecule has 2 heterocycles. The van der Waals surface area contributed by atoms with E-state index in [0.717, 1.165) is 33.9 Å². The first-order valence-electron chi connectivity index (χ1n) is 10.7. The molecule has 0 unspecified atom stereocenters. The van der Waals surface area contributed by atoms with Gasteiger partial charge in [-0.2, -0.15) is 10.2 Å². The fraction of sp³-hybridized carbons (Fsp3) is 0.208. The van der Waals surface area contributed by atoms with E-state index in [-0.39, 0.29) is 0 Å². The van der Waals surface area contributed by atoms with E-state index in [9.17, 15) is 0 Å². The van der Waals surface area contributed by atoms with E-state index in [1.807, 2.05) is 66.5 Å². The average molecular weight is 568 g/mol. The number of benzene rings is 2. The SMILES string of the molecule is Cc1nn(Cc2ccc(Cl)cc2Cl)c(C)c1NC(=S)Nc1cc(C)n(Cc2c(Cl)cccc2Cl)n1. The number of hydrogen-bond donors (Lipinski definition) is 2. The molecule has 2 aromatic heterocycles. The summed E-state index contributed by atoms with van der Waals surface area (Å²) in [5.74, 6) is 0.610. The molecule has 0 spiro atoms. The van der Waals surface area contributed by atoms with Gasteiger partial charge < -0.3 is 10.6 Å². The van der Waals surface area contributed by atoms with Crippen molar-refractivity contribution >= 4 is 75.2 Å². The van der Waals surface area contributed by atoms with Gasteiger partial charge >= 0.3 is 0 Å². The molecule has 4 rings (SSSR count). The highest BCUT2D eigenvalue weighted by Gasteiger charge is 2.16. The van der Waals surface area contributed by atoms with Crippen LogP contribution in [0.3, 0.4) is 0 Å². The number of rotatable bonds is 6. The van der Waals surface area contributed by atoms with Crippen LogP contribution < -0.4 is 10.6 Å². The fourth-order valence-corrected chi connectivity index (χ4v) is 4.86. The number of anilines is 2. The maximum Gasteiger partial charge on any atom is 0.176 e. The molecule has 0 radical (unpaired) electrons. The first kappa shape index (κ1) is 25.8. The third-order valence-corrected chi connectivity index (χ3v) is 7.05. The highest BCUT2D eigenvalue weighted by atomic mass is 35.5. The summed E-state index contributed by atoms with van der Waals surface area (Å²) in [6, 6.07) is 12.8. The molecule has 0 saturated heterocycles. The zero-order chi connectivity index (χ0) is 25.3. The Morgan fingerprint density at radius 1 is 0.857 bits per heavy atom. The second kappa shape index (κ2) is 10.8. The number of halogens is 4. The summed E-state index contributed by atoms with van der Waals surface area (Å²) in [4.78, 5) is 0. The third kappa shape index (κ3) is 5.93. The molecular weight excluding hydrogens is 546 g/mol. The predicted octanol–water partition coefficient (Wildman–Crippen LogP) is 7.52. The Morgan fingerprint density at radius 3 is 2.26 bits per heavy atom. The van der Waals surface area contributed by atoms with E-state index in [1.165, 1.54) is 0 Å². The van der Waals surface area contributed by atoms with Gasteiger partial charge in [0.25, 0.3) is 0 Å². The summed E-state index contributed by atoms with van der Waals surface area (Å²) in [5, 5.41) is 18.4. The summed E-state index contributed by atoms with van der Waals surface area (Å²) in [7, 11) is 0. The molecular formula is C24H22Cl4N6S. The van der Waals surface area contributed by atoms with Gasteiger partial charge in [0.15, 0.2) is 10.9 Å². The Balaban J connectivity index is 1.46. The Labute approximate surface area is 229 Å². The lowest BCUT2D eigenvalue weighted by molar-refractivity contribution is 0.659. The molecule has 11 heteroatoms. The summed E-state index contributed by atoms with van der Waals surface area (Å²) < 4.78 is 3.70. The van der Waals surface area contributed by atoms with Gasteiger partial charge in [-0.1, -0.05) is 58.5 Å². The second-order valence-electron chi connectivity index (χ2n) is 8.05. The van der Waals surface area contributed by atoms with Gasteiger partial charge in [0.2, 0.25) is 0 Å². The van der Waals surface area contributed by atoms with Crippen molar-refractivity contribution < 1.29 is 0 Å². The van der Waals surface area contributed by atoms with E-state index >= 15 is 0 Å². The molecule has 6 nitrogen and oxygen atoms in total. The van der Waals surface area contributed by atoms with Crippen molar-refractivity contribution in [3.8, 4) is 0 Å². The van der Waals surface area contributed by atoms with Crippen LogP contribution in [0.2, 0.25) is 20.1 Å². The highest BCUT2D eigenvalue weighted by Crippen LogP contribution is 2.27. The van der Waals surface area contributed by atoms with Crippen molar-refractivity contribution in [2.45, 2.75) is 33.9 Å². The van der Waals surface area contributed by atoms with E-state index < -0.39 is 0 Å². The van der Waals surface area contributed by atoms with Crippen LogP contribution in [0, 0.1) is 20.8 Å². The van der Waals surface area contributed by atoms with Gasteiger partial charge in [0, 0.05) is 37.4 Å². The van der Waals surface area contributed by atoms with Crippen LogP contribution in [0.1, 0.15) is 28.2 Å². The number of nitrogens with one attached hydrogen (secondary N) is 2. The molecule has 2 N–H and O–H groups in total. The predicted molar refractivity (Wildman–Crippen MR) is 150 cm³/mol. The van der Waals surface area contributed by atoms with Crippen LogP contribution in [-0.2, 0) is 13.1 Å². The van der Waals surface area contributed by atoms with Crippen LogP contribution in [0.25, 0.3) is 0 Å². The fourth-order valence-electron chi connectivity index (χ4n) is 3.67. The molecule has 0 aliphatic rings. The number of thiocarbonyl (C=S) groups is 1. The molecule has 4 aromatic rings. The monoisotopic (exact) mass is 566 g/mol. The lowest BCUT2D eigenvalue weighted by atomic mass is 10.2. The zero-order valence-corrected chi connectivity index (χ0v) is 23.0. The quantitative estimate of drug-likeness (QED) is 0.236. The molecule has 0 aliphatic heterocycles. The number of aryl methyl sites for hydroxylation is 2. The summed E-state index contributed by atoms with van der Waals surface area (Å²) in [5.41, 5.74) is 5.24. The van der Waals surface area contributed by atoms with Crippen LogP contribution in [0.5, 0.6) is 0 Å². The van der Waals surface area contributed by atoms with Crippen molar-refractivity contribution in [2.24, 2.45) is 0 Å². The lowest BCUT2D eigenvalue weighted by Gasteiger charge is -2.11. The second-order valence-corrected chi connectivity index (χ2v) is 10.1. The molecule has 0 amide bonds. The van der Waals surface area contributed by atoms with E-state index in [4.69, 9.17) is 58.6 Å². The van der Waals surface area contributed by atoms with Crippen molar-refractivity contribution in [3.63, 3.8) is 0 Å². The molecule has 182 valence electrons. The molecule has 0 bridgehead atoms. The van der Waals surface area contributed by atoms with Gasteiger partial charge in [-0.3, -0.25) is 9.36 Å². The smallest absolute Gasteiger partial charge is 0.176 e. The van der Waals surface area contributed by atoms with Crippen molar-refractivity contribution in [1.29, 1.82) is 0 Å². The molecule has 2 aromatic carbocycles. The van der Waals surface area contributed by atoms with Gasteiger partial charge in [-0.25, -0.2) is 0 Å². The highest BCUT2D eigenvalue weighted by molar-refractivity contribution is 7.80. The molecule has 0 aliphatic carbocycles. The molecule has 0 saturated carbocycles. The standard InChI is InChI=1S/C24H22Cl4N6S/c1-13-9-22(32-33(13)12-18-19(26)5-4-6-20(18)27)29-24(35)30-23-14(2)31-34(15(23)3)11-16-7-8-17(25)10-21(16)28/h4-10H,11-12H2,1-3H3,(H2,29,30,32,35). The summed E-state index contributed by atoms with van der Waals surface area (Å²) in [6.45, 7) is 6.81. The Hall–Kier alpha value is -2.29. The minimum absolute atomic E-state index is 0.403. The van der Waals surface area contributed by atoms with E-state index in [2.05, 4.69) is 20.8 Å². The van der Waals surface area contributed by atoms with Crippen LogP contribution in [-0.4, -0.2) is 24.7 Å². The average Bonchev–Trinajstić information content (AvgIpc) is 3.25. The molecule has 35 heavy (non-hydrogen) atoms. The van der Waals surface area contributed by atoms with Gasteiger partial charge in [-0.15, -0.1) is 0 Å². The van der Waals surface area contributed by atoms with Crippen molar-refractivity contribution in [2.75, 3.05) is 10.6 Å². The Morgan fingerprint density at radius 2 is 1.57 bits per heavy atom. The van der Waals surface area contributed by atoms with Gasteiger partial charge in [0.1, 0.15) is 0 Å². The van der Waals surface area contributed by atoms with Crippen LogP contribution in [0.15, 0.2) is 42.5 Å². The lowest BCUT2D eigenvalue weighted by Crippen LogP contribution is -2.20. The first-order chi connectivity index (χ1) is 16.6.